The third kappa shape index (κ3) is 4.36. The van der Waals surface area contributed by atoms with Crippen molar-refractivity contribution in [1.82, 2.24) is 18.7 Å². The first-order valence-electron chi connectivity index (χ1n) is 9.80. The number of anilines is 1. The van der Waals surface area contributed by atoms with Gasteiger partial charge in [-0.15, -0.1) is 0 Å². The van der Waals surface area contributed by atoms with E-state index in [-0.39, 0.29) is 24.3 Å². The van der Waals surface area contributed by atoms with Gasteiger partial charge in [0.2, 0.25) is 5.95 Å². The molecule has 0 unspecified atom stereocenters. The molecule has 1 aromatic carbocycles. The molecule has 0 amide bonds. The Morgan fingerprint density at radius 2 is 1.97 bits per heavy atom. The van der Waals surface area contributed by atoms with Crippen molar-refractivity contribution in [2.24, 2.45) is 14.1 Å². The number of aliphatic hydroxyl groups is 1. The Kier molecular flexibility index (Phi) is 6.84. The number of nitrogens with zero attached hydrogens (tertiary/aromatic N) is 4. The van der Waals surface area contributed by atoms with Gasteiger partial charge in [-0.05, 0) is 18.6 Å². The van der Waals surface area contributed by atoms with Crippen molar-refractivity contribution in [3.05, 3.63) is 50.1 Å². The minimum Gasteiger partial charge on any atom is -0.489 e. The molecule has 0 spiro atoms. The largest absolute Gasteiger partial charge is 0.489 e. The average molecular weight is 436 g/mol. The first kappa shape index (κ1) is 21.9. The molecule has 162 valence electrons. The van der Waals surface area contributed by atoms with Gasteiger partial charge in [0.25, 0.3) is 5.56 Å². The van der Waals surface area contributed by atoms with Crippen molar-refractivity contribution < 1.29 is 9.84 Å². The summed E-state index contributed by atoms with van der Waals surface area (Å²) in [5, 5.41) is 14.2. The zero-order chi connectivity index (χ0) is 21.8. The predicted molar refractivity (Wildman–Crippen MR) is 117 cm³/mol. The van der Waals surface area contributed by atoms with Crippen LogP contribution in [0.2, 0.25) is 5.02 Å². The lowest BCUT2D eigenvalue weighted by Crippen LogP contribution is -2.38. The van der Waals surface area contributed by atoms with Crippen LogP contribution in [0, 0.1) is 0 Å². The second-order valence-electron chi connectivity index (χ2n) is 7.10. The highest BCUT2D eigenvalue weighted by Gasteiger charge is 2.21. The number of aryl methyl sites for hydroxylation is 1. The monoisotopic (exact) mass is 435 g/mol. The van der Waals surface area contributed by atoms with Gasteiger partial charge in [-0.3, -0.25) is 13.9 Å². The number of rotatable bonds is 9. The first-order valence-corrected chi connectivity index (χ1v) is 10.2. The zero-order valence-corrected chi connectivity index (χ0v) is 18.0. The Morgan fingerprint density at radius 1 is 1.23 bits per heavy atom. The lowest BCUT2D eigenvalue weighted by atomic mass is 10.3. The van der Waals surface area contributed by atoms with E-state index in [9.17, 15) is 14.7 Å². The van der Waals surface area contributed by atoms with E-state index in [0.29, 0.717) is 23.3 Å². The van der Waals surface area contributed by atoms with Gasteiger partial charge in [0.05, 0.1) is 11.6 Å². The van der Waals surface area contributed by atoms with Gasteiger partial charge < -0.3 is 19.7 Å². The number of ether oxygens (including phenoxy) is 1. The Morgan fingerprint density at radius 3 is 2.67 bits per heavy atom. The van der Waals surface area contributed by atoms with Crippen molar-refractivity contribution in [3.8, 4) is 5.75 Å². The SMILES string of the molecule is CCCCNc1nc2c(c(=O)n(C)c(=O)n2C)n1C[C@@H](O)COc1ccccc1Cl. The van der Waals surface area contributed by atoms with Gasteiger partial charge in [-0.25, -0.2) is 4.79 Å². The fourth-order valence-corrected chi connectivity index (χ4v) is 3.34. The number of imidazole rings is 1. The Labute approximate surface area is 178 Å². The average Bonchev–Trinajstić information content (AvgIpc) is 3.08. The third-order valence-corrected chi connectivity index (χ3v) is 5.13. The number of hydrogen-bond acceptors (Lipinski definition) is 6. The Bertz CT molecular complexity index is 1150. The second-order valence-corrected chi connectivity index (χ2v) is 7.51. The highest BCUT2D eigenvalue weighted by atomic mass is 35.5. The molecule has 30 heavy (non-hydrogen) atoms. The van der Waals surface area contributed by atoms with Gasteiger partial charge >= 0.3 is 5.69 Å². The molecule has 9 nitrogen and oxygen atoms in total. The Balaban J connectivity index is 1.93. The first-order chi connectivity index (χ1) is 14.3. The van der Waals surface area contributed by atoms with E-state index in [1.165, 1.54) is 11.6 Å². The van der Waals surface area contributed by atoms with Crippen LogP contribution in [0.25, 0.3) is 11.2 Å². The maximum absolute atomic E-state index is 12.8. The van der Waals surface area contributed by atoms with Gasteiger partial charge in [-0.1, -0.05) is 37.1 Å². The summed E-state index contributed by atoms with van der Waals surface area (Å²) in [6.07, 6.45) is 0.965. The summed E-state index contributed by atoms with van der Waals surface area (Å²) in [6, 6.07) is 6.99. The molecule has 10 heteroatoms. The zero-order valence-electron chi connectivity index (χ0n) is 17.3. The molecule has 1 atom stereocenters. The fraction of sp³-hybridized carbons (Fsp3) is 0.450. The topological polar surface area (TPSA) is 103 Å². The number of unbranched alkanes of at least 4 members (excludes halogenated alkanes) is 1. The van der Waals surface area contributed by atoms with Crippen LogP contribution in [-0.4, -0.2) is 43.0 Å². The molecule has 0 bridgehead atoms. The summed E-state index contributed by atoms with van der Waals surface area (Å²) in [5.41, 5.74) is -0.417. The van der Waals surface area contributed by atoms with Crippen molar-refractivity contribution in [1.29, 1.82) is 0 Å². The van der Waals surface area contributed by atoms with E-state index in [0.717, 1.165) is 17.4 Å². The molecule has 3 rings (SSSR count). The minimum atomic E-state index is -0.938. The number of aliphatic hydroxyl groups excluding tert-OH is 1. The van der Waals surface area contributed by atoms with Crippen LogP contribution in [0.4, 0.5) is 5.95 Å². The van der Waals surface area contributed by atoms with E-state index < -0.39 is 17.4 Å². The molecule has 0 fully saturated rings. The van der Waals surface area contributed by atoms with Gasteiger partial charge in [0.15, 0.2) is 11.2 Å². The second kappa shape index (κ2) is 9.36. The smallest absolute Gasteiger partial charge is 0.332 e. The van der Waals surface area contributed by atoms with Crippen molar-refractivity contribution in [2.45, 2.75) is 32.4 Å². The van der Waals surface area contributed by atoms with E-state index in [1.807, 2.05) is 0 Å². The van der Waals surface area contributed by atoms with E-state index >= 15 is 0 Å². The number of nitrogens with one attached hydrogen (secondary N) is 1. The predicted octanol–water partition coefficient (Wildman–Crippen LogP) is 1.74. The van der Waals surface area contributed by atoms with Crippen LogP contribution in [0.5, 0.6) is 5.75 Å². The number of benzene rings is 1. The standard InChI is InChI=1S/C20H26ClN5O4/c1-4-5-10-22-19-23-17-16(18(28)25(3)20(29)24(17)2)26(19)11-13(27)12-30-15-9-7-6-8-14(15)21/h6-9,13,27H,4-5,10-12H2,1-3H3,(H,22,23)/t13-/m1/s1. The minimum absolute atomic E-state index is 0.0239. The molecule has 0 saturated carbocycles. The van der Waals surface area contributed by atoms with Crippen LogP contribution < -0.4 is 21.3 Å². The van der Waals surface area contributed by atoms with Crippen LogP contribution >= 0.6 is 11.6 Å². The van der Waals surface area contributed by atoms with Gasteiger partial charge in [-0.2, -0.15) is 4.98 Å². The highest BCUT2D eigenvalue weighted by Crippen LogP contribution is 2.23. The maximum atomic E-state index is 12.8. The molecule has 2 heterocycles. The number of para-hydroxylation sites is 1. The van der Waals surface area contributed by atoms with Crippen LogP contribution in [0.15, 0.2) is 33.9 Å². The van der Waals surface area contributed by atoms with Gasteiger partial charge in [0.1, 0.15) is 18.5 Å². The molecule has 0 saturated heterocycles. The number of aromatic nitrogens is 4. The lowest BCUT2D eigenvalue weighted by Gasteiger charge is -2.16. The maximum Gasteiger partial charge on any atom is 0.332 e. The lowest BCUT2D eigenvalue weighted by molar-refractivity contribution is 0.0938. The number of hydrogen-bond donors (Lipinski definition) is 2. The van der Waals surface area contributed by atoms with Crippen molar-refractivity contribution >= 4 is 28.7 Å². The summed E-state index contributed by atoms with van der Waals surface area (Å²) in [4.78, 5) is 29.5. The summed E-state index contributed by atoms with van der Waals surface area (Å²) >= 11 is 6.09. The summed E-state index contributed by atoms with van der Waals surface area (Å²) in [5.74, 6) is 0.891. The molecular formula is C20H26ClN5O4. The van der Waals surface area contributed by atoms with Crippen LogP contribution in [0.1, 0.15) is 19.8 Å². The van der Waals surface area contributed by atoms with Gasteiger partial charge in [0, 0.05) is 20.6 Å². The molecule has 0 radical (unpaired) electrons. The summed E-state index contributed by atoms with van der Waals surface area (Å²) in [6.45, 7) is 2.76. The molecule has 3 aromatic rings. The molecular weight excluding hydrogens is 410 g/mol. The number of fused-ring (bicyclic) bond motifs is 1. The molecule has 0 aliphatic rings. The summed E-state index contributed by atoms with van der Waals surface area (Å²) in [7, 11) is 2.98. The highest BCUT2D eigenvalue weighted by molar-refractivity contribution is 6.32. The van der Waals surface area contributed by atoms with Crippen LogP contribution in [-0.2, 0) is 20.6 Å². The molecule has 2 aromatic heterocycles. The van der Waals surface area contributed by atoms with Crippen molar-refractivity contribution in [2.75, 3.05) is 18.5 Å². The van der Waals surface area contributed by atoms with E-state index in [2.05, 4.69) is 17.2 Å². The summed E-state index contributed by atoms with van der Waals surface area (Å²) < 4.78 is 9.58. The van der Waals surface area contributed by atoms with E-state index in [4.69, 9.17) is 16.3 Å². The van der Waals surface area contributed by atoms with Crippen molar-refractivity contribution in [3.63, 3.8) is 0 Å². The molecule has 0 aliphatic carbocycles. The van der Waals surface area contributed by atoms with Crippen LogP contribution in [0.3, 0.4) is 0 Å². The third-order valence-electron chi connectivity index (χ3n) is 4.82. The quantitative estimate of drug-likeness (QED) is 0.496. The number of halogens is 1. The van der Waals surface area contributed by atoms with E-state index in [1.54, 1.807) is 35.9 Å². The molecule has 2 N–H and O–H groups in total. The normalized spacial score (nSPS) is 12.3. The Hall–Kier alpha value is -2.78. The molecule has 0 aliphatic heterocycles. The fourth-order valence-electron chi connectivity index (χ4n) is 3.15.